The molecule has 142 valence electrons. The molecule has 2 aromatic rings. The number of carbonyl (C=O) groups excluding carboxylic acids is 1. The Morgan fingerprint density at radius 3 is 2.74 bits per heavy atom. The average Bonchev–Trinajstić information content (AvgIpc) is 3.30. The molecule has 1 aliphatic carbocycles. The maximum absolute atomic E-state index is 14.4. The highest BCUT2D eigenvalue weighted by Gasteiger charge is 2.47. The van der Waals surface area contributed by atoms with Crippen molar-refractivity contribution in [3.63, 3.8) is 0 Å². The number of hydrogen-bond donors (Lipinski definition) is 1. The summed E-state index contributed by atoms with van der Waals surface area (Å²) in [6, 6.07) is 4.73. The smallest absolute Gasteiger partial charge is 0.343 e. The number of alkyl halides is 1. The van der Waals surface area contributed by atoms with Crippen molar-refractivity contribution in [3.05, 3.63) is 46.5 Å². The van der Waals surface area contributed by atoms with Crippen molar-refractivity contribution < 1.29 is 23.5 Å². The minimum Gasteiger partial charge on any atom is -0.479 e. The topological polar surface area (TPSA) is 75.4 Å². The Hall–Kier alpha value is -2.77. The highest BCUT2D eigenvalue weighted by molar-refractivity contribution is 5.95. The number of carbonyl (C=O) groups is 2. The number of para-hydroxylation sites is 1. The van der Waals surface area contributed by atoms with Crippen LogP contribution in [0.25, 0.3) is 5.69 Å². The summed E-state index contributed by atoms with van der Waals surface area (Å²) < 4.78 is 30.3. The number of hydrogen-bond acceptors (Lipinski definition) is 3. The van der Waals surface area contributed by atoms with Gasteiger partial charge in [-0.2, -0.15) is 5.10 Å². The summed E-state index contributed by atoms with van der Waals surface area (Å²) in [5.74, 6) is -2.49. The van der Waals surface area contributed by atoms with Gasteiger partial charge in [-0.05, 0) is 37.8 Å². The number of benzene rings is 1. The number of fused-ring (bicyclic) bond motifs is 1. The molecule has 1 aromatic carbocycles. The molecule has 0 bridgehead atoms. The number of halogens is 2. The molecule has 1 saturated heterocycles. The van der Waals surface area contributed by atoms with E-state index < -0.39 is 29.9 Å². The average molecular weight is 375 g/mol. The summed E-state index contributed by atoms with van der Waals surface area (Å²) in [7, 11) is 0. The van der Waals surface area contributed by atoms with E-state index in [9.17, 15) is 18.4 Å². The van der Waals surface area contributed by atoms with Crippen LogP contribution in [0.3, 0.4) is 0 Å². The SMILES string of the molecule is Cc1cccc(F)c1-n1nc(C(=O)N2CCC(F)(C(=O)O)C2)c2c1CCC2. The van der Waals surface area contributed by atoms with Gasteiger partial charge in [0.15, 0.2) is 5.69 Å². The highest BCUT2D eigenvalue weighted by atomic mass is 19.1. The van der Waals surface area contributed by atoms with Crippen LogP contribution in [0.2, 0.25) is 0 Å². The molecule has 1 fully saturated rings. The first-order valence-corrected chi connectivity index (χ1v) is 8.89. The third-order valence-electron chi connectivity index (χ3n) is 5.42. The Bertz CT molecular complexity index is 936. The second-order valence-electron chi connectivity index (χ2n) is 7.19. The van der Waals surface area contributed by atoms with Gasteiger partial charge >= 0.3 is 5.97 Å². The lowest BCUT2D eigenvalue weighted by atomic mass is 10.1. The third-order valence-corrected chi connectivity index (χ3v) is 5.42. The molecule has 1 amide bonds. The van der Waals surface area contributed by atoms with Crippen molar-refractivity contribution >= 4 is 11.9 Å². The number of aliphatic carboxylic acids is 1. The van der Waals surface area contributed by atoms with Gasteiger partial charge in [-0.3, -0.25) is 4.79 Å². The van der Waals surface area contributed by atoms with Crippen molar-refractivity contribution in [1.29, 1.82) is 0 Å². The number of aromatic nitrogens is 2. The lowest BCUT2D eigenvalue weighted by molar-refractivity contribution is -0.149. The number of likely N-dealkylation sites (tertiary alicyclic amines) is 1. The van der Waals surface area contributed by atoms with Crippen LogP contribution >= 0.6 is 0 Å². The molecule has 27 heavy (non-hydrogen) atoms. The molecule has 1 aliphatic heterocycles. The van der Waals surface area contributed by atoms with Gasteiger partial charge in [-0.1, -0.05) is 12.1 Å². The fourth-order valence-electron chi connectivity index (χ4n) is 3.96. The largest absolute Gasteiger partial charge is 0.479 e. The summed E-state index contributed by atoms with van der Waals surface area (Å²) in [6.07, 6.45) is 1.88. The van der Waals surface area contributed by atoms with E-state index >= 15 is 0 Å². The molecule has 1 aromatic heterocycles. The van der Waals surface area contributed by atoms with Crippen LogP contribution in [-0.2, 0) is 17.6 Å². The van der Waals surface area contributed by atoms with Gasteiger partial charge in [-0.15, -0.1) is 0 Å². The number of carboxylic acid groups (broad SMARTS) is 1. The monoisotopic (exact) mass is 375 g/mol. The lowest BCUT2D eigenvalue weighted by Gasteiger charge is -2.17. The molecule has 0 radical (unpaired) electrons. The molecule has 6 nitrogen and oxygen atoms in total. The van der Waals surface area contributed by atoms with E-state index in [4.69, 9.17) is 5.11 Å². The number of aryl methyl sites for hydroxylation is 1. The highest BCUT2D eigenvalue weighted by Crippen LogP contribution is 2.32. The minimum absolute atomic E-state index is 0.0159. The van der Waals surface area contributed by atoms with Crippen molar-refractivity contribution in [2.45, 2.75) is 38.3 Å². The summed E-state index contributed by atoms with van der Waals surface area (Å²) in [5.41, 5.74) is 0.274. The van der Waals surface area contributed by atoms with Crippen molar-refractivity contribution in [2.24, 2.45) is 0 Å². The fraction of sp³-hybridized carbons (Fsp3) is 0.421. The molecule has 0 saturated carbocycles. The summed E-state index contributed by atoms with van der Waals surface area (Å²) in [5, 5.41) is 13.4. The maximum Gasteiger partial charge on any atom is 0.343 e. The molecular formula is C19H19F2N3O3. The molecule has 2 heterocycles. The zero-order chi connectivity index (χ0) is 19.3. The summed E-state index contributed by atoms with van der Waals surface area (Å²) in [6.45, 7) is 1.29. The predicted octanol–water partition coefficient (Wildman–Crippen LogP) is 2.45. The summed E-state index contributed by atoms with van der Waals surface area (Å²) in [4.78, 5) is 25.2. The van der Waals surface area contributed by atoms with Crippen LogP contribution in [0, 0.1) is 12.7 Å². The Kier molecular flexibility index (Phi) is 4.01. The van der Waals surface area contributed by atoms with E-state index in [-0.39, 0.29) is 18.7 Å². The van der Waals surface area contributed by atoms with E-state index in [0.717, 1.165) is 17.7 Å². The predicted molar refractivity (Wildman–Crippen MR) is 92.3 cm³/mol. The molecule has 1 N–H and O–H groups in total. The van der Waals surface area contributed by atoms with Crippen molar-refractivity contribution in [2.75, 3.05) is 13.1 Å². The Morgan fingerprint density at radius 2 is 2.07 bits per heavy atom. The standard InChI is InChI=1S/C19H19F2N3O3/c1-11-4-2-6-13(20)16(11)24-14-7-3-5-12(14)15(22-24)17(25)23-9-8-19(21,10-23)18(26)27/h2,4,6H,3,5,7-10H2,1H3,(H,26,27). The molecule has 1 unspecified atom stereocenters. The van der Waals surface area contributed by atoms with Crippen LogP contribution in [0.15, 0.2) is 18.2 Å². The number of rotatable bonds is 3. The summed E-state index contributed by atoms with van der Waals surface area (Å²) >= 11 is 0. The Labute approximate surface area is 154 Å². The van der Waals surface area contributed by atoms with Gasteiger partial charge in [0.1, 0.15) is 11.5 Å². The minimum atomic E-state index is -2.43. The first-order chi connectivity index (χ1) is 12.8. The van der Waals surface area contributed by atoms with E-state index in [1.807, 2.05) is 0 Å². The van der Waals surface area contributed by atoms with Crippen molar-refractivity contribution in [3.8, 4) is 5.69 Å². The van der Waals surface area contributed by atoms with Gasteiger partial charge in [0.2, 0.25) is 5.67 Å². The zero-order valence-corrected chi connectivity index (χ0v) is 14.8. The molecule has 1 atom stereocenters. The van der Waals surface area contributed by atoms with Crippen LogP contribution in [-0.4, -0.2) is 50.4 Å². The second kappa shape index (κ2) is 6.14. The van der Waals surface area contributed by atoms with E-state index in [0.29, 0.717) is 24.1 Å². The molecule has 4 rings (SSSR count). The molecular weight excluding hydrogens is 356 g/mol. The number of amides is 1. The Balaban J connectivity index is 1.74. The van der Waals surface area contributed by atoms with Gasteiger partial charge < -0.3 is 10.0 Å². The van der Waals surface area contributed by atoms with E-state index in [1.165, 1.54) is 15.6 Å². The third kappa shape index (κ3) is 2.70. The molecule has 2 aliphatic rings. The van der Waals surface area contributed by atoms with Gasteiger partial charge in [-0.25, -0.2) is 18.3 Å². The first-order valence-electron chi connectivity index (χ1n) is 8.89. The maximum atomic E-state index is 14.4. The van der Waals surface area contributed by atoms with E-state index in [2.05, 4.69) is 5.10 Å². The van der Waals surface area contributed by atoms with Gasteiger partial charge in [0, 0.05) is 24.2 Å². The second-order valence-corrected chi connectivity index (χ2v) is 7.19. The molecule has 0 spiro atoms. The Morgan fingerprint density at radius 1 is 1.30 bits per heavy atom. The van der Waals surface area contributed by atoms with E-state index in [1.54, 1.807) is 19.1 Å². The fourth-order valence-corrected chi connectivity index (χ4v) is 3.96. The quantitative estimate of drug-likeness (QED) is 0.894. The van der Waals surface area contributed by atoms with Crippen LogP contribution in [0.1, 0.15) is 40.2 Å². The number of nitrogens with zero attached hydrogens (tertiary/aromatic N) is 3. The lowest BCUT2D eigenvalue weighted by Crippen LogP contribution is -2.39. The zero-order valence-electron chi connectivity index (χ0n) is 14.8. The van der Waals surface area contributed by atoms with Gasteiger partial charge in [0.05, 0.1) is 6.54 Å². The molecule has 8 heteroatoms. The van der Waals surface area contributed by atoms with Crippen LogP contribution < -0.4 is 0 Å². The normalized spacial score (nSPS) is 21.5. The van der Waals surface area contributed by atoms with Crippen LogP contribution in [0.5, 0.6) is 0 Å². The number of carboxylic acids is 1. The van der Waals surface area contributed by atoms with Crippen LogP contribution in [0.4, 0.5) is 8.78 Å². The first kappa shape index (κ1) is 17.6. The van der Waals surface area contributed by atoms with Gasteiger partial charge in [0.25, 0.3) is 5.91 Å². The van der Waals surface area contributed by atoms with Crippen molar-refractivity contribution in [1.82, 2.24) is 14.7 Å².